The highest BCUT2D eigenvalue weighted by Crippen LogP contribution is 1.98. The van der Waals surface area contributed by atoms with Gasteiger partial charge in [-0.25, -0.2) is 4.79 Å². The lowest BCUT2D eigenvalue weighted by atomic mass is 10.2. The van der Waals surface area contributed by atoms with E-state index in [9.17, 15) is 4.79 Å². The van der Waals surface area contributed by atoms with Crippen molar-refractivity contribution in [2.75, 3.05) is 19.6 Å². The molecule has 2 amide bonds. The van der Waals surface area contributed by atoms with Crippen LogP contribution in [0.1, 0.15) is 20.8 Å². The molecule has 0 aliphatic carbocycles. The lowest BCUT2D eigenvalue weighted by Gasteiger charge is -2.22. The molecule has 1 aliphatic rings. The molecular formula is C9H19N3O. The van der Waals surface area contributed by atoms with Crippen LogP contribution in [0.2, 0.25) is 0 Å². The summed E-state index contributed by atoms with van der Waals surface area (Å²) in [4.78, 5) is 13.0. The second-order valence-electron chi connectivity index (χ2n) is 3.90. The lowest BCUT2D eigenvalue weighted by Crippen LogP contribution is -2.43. The maximum Gasteiger partial charge on any atom is 0.317 e. The van der Waals surface area contributed by atoms with Crippen molar-refractivity contribution in [1.29, 1.82) is 0 Å². The highest BCUT2D eigenvalue weighted by atomic mass is 16.2. The highest BCUT2D eigenvalue weighted by molar-refractivity contribution is 5.76. The van der Waals surface area contributed by atoms with E-state index in [1.54, 1.807) is 0 Å². The molecule has 0 aromatic carbocycles. The Hall–Kier alpha value is -0.770. The molecule has 1 saturated heterocycles. The maximum atomic E-state index is 11.2. The van der Waals surface area contributed by atoms with Crippen molar-refractivity contribution >= 4 is 6.03 Å². The van der Waals surface area contributed by atoms with Gasteiger partial charge in [0.05, 0.1) is 0 Å². The van der Waals surface area contributed by atoms with Gasteiger partial charge in [0, 0.05) is 31.7 Å². The second kappa shape index (κ2) is 4.46. The van der Waals surface area contributed by atoms with E-state index >= 15 is 0 Å². The molecule has 0 spiro atoms. The van der Waals surface area contributed by atoms with E-state index in [1.807, 2.05) is 4.90 Å². The number of hydrogen-bond acceptors (Lipinski definition) is 2. The predicted molar refractivity (Wildman–Crippen MR) is 52.7 cm³/mol. The van der Waals surface area contributed by atoms with Gasteiger partial charge in [-0.05, 0) is 6.92 Å². The Kier molecular flexibility index (Phi) is 3.54. The molecule has 4 heteroatoms. The molecule has 1 fully saturated rings. The third kappa shape index (κ3) is 3.22. The van der Waals surface area contributed by atoms with E-state index in [0.29, 0.717) is 12.1 Å². The normalized spacial score (nSPS) is 19.4. The molecule has 1 aliphatic heterocycles. The number of urea groups is 1. The van der Waals surface area contributed by atoms with Crippen LogP contribution >= 0.6 is 0 Å². The molecule has 0 radical (unpaired) electrons. The molecule has 13 heavy (non-hydrogen) atoms. The first kappa shape index (κ1) is 10.3. The first-order valence-electron chi connectivity index (χ1n) is 4.88. The lowest BCUT2D eigenvalue weighted by molar-refractivity contribution is 0.211. The Bertz CT molecular complexity index is 182. The fraction of sp³-hybridized carbons (Fsp3) is 0.889. The van der Waals surface area contributed by atoms with Crippen LogP contribution in [0, 0.1) is 0 Å². The molecule has 0 aromatic heterocycles. The fourth-order valence-electron chi connectivity index (χ4n) is 1.64. The summed E-state index contributed by atoms with van der Waals surface area (Å²) in [7, 11) is 0. The molecule has 4 nitrogen and oxygen atoms in total. The molecule has 0 saturated carbocycles. The van der Waals surface area contributed by atoms with Gasteiger partial charge >= 0.3 is 6.03 Å². The van der Waals surface area contributed by atoms with Crippen LogP contribution in [0.4, 0.5) is 4.79 Å². The van der Waals surface area contributed by atoms with Gasteiger partial charge in [-0.3, -0.25) is 0 Å². The van der Waals surface area contributed by atoms with Crippen LogP contribution in [0.3, 0.4) is 0 Å². The van der Waals surface area contributed by atoms with Gasteiger partial charge in [-0.15, -0.1) is 0 Å². The smallest absolute Gasteiger partial charge is 0.317 e. The fourth-order valence-corrected chi connectivity index (χ4v) is 1.64. The number of rotatable bonds is 4. The average molecular weight is 185 g/mol. The van der Waals surface area contributed by atoms with Crippen molar-refractivity contribution < 1.29 is 4.79 Å². The van der Waals surface area contributed by atoms with Crippen LogP contribution in [0.5, 0.6) is 0 Å². The van der Waals surface area contributed by atoms with Gasteiger partial charge in [0.25, 0.3) is 0 Å². The first-order chi connectivity index (χ1) is 6.09. The number of hydrogen-bond donors (Lipinski definition) is 2. The second-order valence-corrected chi connectivity index (χ2v) is 3.90. The molecular weight excluding hydrogens is 166 g/mol. The predicted octanol–water partition coefficient (Wildman–Crippen LogP) is 0.398. The van der Waals surface area contributed by atoms with Gasteiger partial charge in [-0.1, -0.05) is 13.8 Å². The first-order valence-corrected chi connectivity index (χ1v) is 4.88. The average Bonchev–Trinajstić information content (AvgIpc) is 2.34. The SMILES string of the molecule is CC(C)NC(C)CN1CCNC1=O. The van der Waals surface area contributed by atoms with Crippen molar-refractivity contribution in [3.8, 4) is 0 Å². The van der Waals surface area contributed by atoms with Crippen LogP contribution in [-0.4, -0.2) is 42.6 Å². The quantitative estimate of drug-likeness (QED) is 0.666. The Morgan fingerprint density at radius 1 is 1.54 bits per heavy atom. The molecule has 1 heterocycles. The monoisotopic (exact) mass is 185 g/mol. The van der Waals surface area contributed by atoms with Crippen molar-refractivity contribution in [3.63, 3.8) is 0 Å². The van der Waals surface area contributed by atoms with E-state index in [1.165, 1.54) is 0 Å². The molecule has 0 bridgehead atoms. The van der Waals surface area contributed by atoms with Crippen LogP contribution in [0.15, 0.2) is 0 Å². The van der Waals surface area contributed by atoms with E-state index < -0.39 is 0 Å². The summed E-state index contributed by atoms with van der Waals surface area (Å²) in [5.41, 5.74) is 0. The summed E-state index contributed by atoms with van der Waals surface area (Å²) in [5, 5.41) is 6.16. The third-order valence-electron chi connectivity index (χ3n) is 2.06. The van der Waals surface area contributed by atoms with Crippen LogP contribution in [0.25, 0.3) is 0 Å². The van der Waals surface area contributed by atoms with Gasteiger partial charge in [0.15, 0.2) is 0 Å². The summed E-state index contributed by atoms with van der Waals surface area (Å²) in [6.45, 7) is 8.74. The minimum absolute atomic E-state index is 0.0670. The minimum Gasteiger partial charge on any atom is -0.336 e. The largest absolute Gasteiger partial charge is 0.336 e. The van der Waals surface area contributed by atoms with Gasteiger partial charge < -0.3 is 15.5 Å². The maximum absolute atomic E-state index is 11.2. The van der Waals surface area contributed by atoms with Crippen molar-refractivity contribution in [1.82, 2.24) is 15.5 Å². The number of nitrogens with one attached hydrogen (secondary N) is 2. The van der Waals surface area contributed by atoms with E-state index in [2.05, 4.69) is 31.4 Å². The molecule has 2 N–H and O–H groups in total. The Morgan fingerprint density at radius 3 is 2.69 bits per heavy atom. The standard InChI is InChI=1S/C9H19N3O/c1-7(2)11-8(3)6-12-5-4-10-9(12)13/h7-8,11H,4-6H2,1-3H3,(H,10,13). The Labute approximate surface area is 79.7 Å². The summed E-state index contributed by atoms with van der Waals surface area (Å²) >= 11 is 0. The summed E-state index contributed by atoms with van der Waals surface area (Å²) in [6.07, 6.45) is 0. The summed E-state index contributed by atoms with van der Waals surface area (Å²) in [5.74, 6) is 0. The zero-order valence-electron chi connectivity index (χ0n) is 8.63. The van der Waals surface area contributed by atoms with Gasteiger partial charge in [0.2, 0.25) is 0 Å². The number of amides is 2. The van der Waals surface area contributed by atoms with Crippen molar-refractivity contribution in [2.24, 2.45) is 0 Å². The highest BCUT2D eigenvalue weighted by Gasteiger charge is 2.20. The molecule has 1 rings (SSSR count). The zero-order chi connectivity index (χ0) is 9.84. The number of carbonyl (C=O) groups is 1. The number of nitrogens with zero attached hydrogens (tertiary/aromatic N) is 1. The van der Waals surface area contributed by atoms with Crippen LogP contribution in [-0.2, 0) is 0 Å². The molecule has 76 valence electrons. The van der Waals surface area contributed by atoms with E-state index in [-0.39, 0.29) is 6.03 Å². The minimum atomic E-state index is 0.0670. The summed E-state index contributed by atoms with van der Waals surface area (Å²) < 4.78 is 0. The third-order valence-corrected chi connectivity index (χ3v) is 2.06. The van der Waals surface area contributed by atoms with E-state index in [0.717, 1.165) is 19.6 Å². The zero-order valence-corrected chi connectivity index (χ0v) is 8.63. The van der Waals surface area contributed by atoms with Crippen molar-refractivity contribution in [2.45, 2.75) is 32.9 Å². The Balaban J connectivity index is 2.27. The molecule has 1 unspecified atom stereocenters. The topological polar surface area (TPSA) is 44.4 Å². The van der Waals surface area contributed by atoms with E-state index in [4.69, 9.17) is 0 Å². The van der Waals surface area contributed by atoms with Crippen LogP contribution < -0.4 is 10.6 Å². The number of carbonyl (C=O) groups excluding carboxylic acids is 1. The molecule has 1 atom stereocenters. The summed E-state index contributed by atoms with van der Waals surface area (Å²) in [6, 6.07) is 0.905. The van der Waals surface area contributed by atoms with Gasteiger partial charge in [0.1, 0.15) is 0 Å². The Morgan fingerprint density at radius 2 is 2.23 bits per heavy atom. The van der Waals surface area contributed by atoms with Gasteiger partial charge in [-0.2, -0.15) is 0 Å². The molecule has 0 aromatic rings. The van der Waals surface area contributed by atoms with Crippen molar-refractivity contribution in [3.05, 3.63) is 0 Å².